The predicted molar refractivity (Wildman–Crippen MR) is 318 cm³/mol. The minimum atomic E-state index is -0.157. The van der Waals surface area contributed by atoms with Gasteiger partial charge in [0.1, 0.15) is 0 Å². The Morgan fingerprint density at radius 3 is 1.16 bits per heavy atom. The molecular formula is C72H45BN2. The van der Waals surface area contributed by atoms with E-state index < -0.39 is 0 Å². The Balaban J connectivity index is 1.09. The van der Waals surface area contributed by atoms with Crippen molar-refractivity contribution in [3.63, 3.8) is 0 Å². The quantitative estimate of drug-likeness (QED) is 0.141. The van der Waals surface area contributed by atoms with Crippen LogP contribution in [0.15, 0.2) is 273 Å². The average molecular weight is 949 g/mol. The van der Waals surface area contributed by atoms with Gasteiger partial charge in [-0.1, -0.05) is 206 Å². The molecule has 0 aliphatic carbocycles. The van der Waals surface area contributed by atoms with Crippen molar-refractivity contribution in [2.75, 3.05) is 0 Å². The van der Waals surface area contributed by atoms with Crippen LogP contribution < -0.4 is 10.9 Å². The summed E-state index contributed by atoms with van der Waals surface area (Å²) in [5.41, 5.74) is 28.3. The number of fused-ring (bicyclic) bond motifs is 10. The molecular weight excluding hydrogens is 904 g/mol. The van der Waals surface area contributed by atoms with Crippen LogP contribution in [0.2, 0.25) is 0 Å². The number of rotatable bonds is 7. The van der Waals surface area contributed by atoms with Crippen molar-refractivity contribution < 1.29 is 0 Å². The molecule has 3 heteroatoms. The Morgan fingerprint density at radius 2 is 0.653 bits per heavy atom. The fourth-order valence-corrected chi connectivity index (χ4v) is 12.9. The highest BCUT2D eigenvalue weighted by Crippen LogP contribution is 2.49. The Morgan fingerprint density at radius 1 is 0.253 bits per heavy atom. The van der Waals surface area contributed by atoms with Crippen LogP contribution in [0.3, 0.4) is 0 Å². The molecule has 0 N–H and O–H groups in total. The molecule has 0 unspecified atom stereocenters. The number of aromatic nitrogens is 2. The third-order valence-electron chi connectivity index (χ3n) is 16.2. The first-order valence-electron chi connectivity index (χ1n) is 26.1. The van der Waals surface area contributed by atoms with Crippen LogP contribution in [-0.2, 0) is 0 Å². The minimum absolute atomic E-state index is 0.157. The molecule has 0 spiro atoms. The monoisotopic (exact) mass is 948 g/mol. The third kappa shape index (κ3) is 6.41. The highest BCUT2D eigenvalue weighted by atomic mass is 15.0. The molecule has 0 saturated heterocycles. The lowest BCUT2D eigenvalue weighted by Crippen LogP contribution is -2.55. The van der Waals surface area contributed by atoms with Gasteiger partial charge in [-0.3, -0.25) is 0 Å². The Kier molecular flexibility index (Phi) is 9.16. The van der Waals surface area contributed by atoms with Crippen molar-refractivity contribution in [2.45, 2.75) is 0 Å². The maximum atomic E-state index is 2.73. The van der Waals surface area contributed by atoms with Gasteiger partial charge in [0.15, 0.2) is 0 Å². The molecule has 0 saturated carbocycles. The Labute approximate surface area is 435 Å². The summed E-state index contributed by atoms with van der Waals surface area (Å²) < 4.78 is 5.34. The second-order valence-corrected chi connectivity index (χ2v) is 20.4. The van der Waals surface area contributed by atoms with E-state index in [0.29, 0.717) is 0 Å². The molecule has 0 fully saturated rings. The van der Waals surface area contributed by atoms with Crippen molar-refractivity contribution in [1.29, 1.82) is 0 Å². The van der Waals surface area contributed by atoms with Gasteiger partial charge in [0.2, 0.25) is 0 Å². The lowest BCUT2D eigenvalue weighted by atomic mass is 9.45. The lowest BCUT2D eigenvalue weighted by Gasteiger charge is -2.35. The van der Waals surface area contributed by atoms with E-state index in [1.165, 1.54) is 149 Å². The summed E-state index contributed by atoms with van der Waals surface area (Å²) in [7, 11) is 0. The standard InChI is InChI=1S/C72H45BN2/c1-7-19-46(20-8-1)52-31-34-66-60(40-52)63-43-57(51-29-17-6-18-30-51)45-65-72(63)74(66)68-36-33-59(58-38-54(48-23-11-3-12-24-48)37-55(39-58)49-25-13-4-14-26-49)69-64-44-56(50-27-15-5-16-28-50)42-62-61-41-53(47-21-9-2-10-22-47)32-35-67(61)75(71(62)64)73(65)70(68)69/h1-45H. The zero-order valence-corrected chi connectivity index (χ0v) is 41.0. The van der Waals surface area contributed by atoms with Crippen molar-refractivity contribution in [2.24, 2.45) is 0 Å². The van der Waals surface area contributed by atoms with E-state index >= 15 is 0 Å². The van der Waals surface area contributed by atoms with Gasteiger partial charge >= 0.3 is 6.85 Å². The minimum Gasteiger partial charge on any atom is -0.375 e. The van der Waals surface area contributed by atoms with Crippen LogP contribution in [0.4, 0.5) is 0 Å². The van der Waals surface area contributed by atoms with Gasteiger partial charge in [0.05, 0.1) is 11.0 Å². The summed E-state index contributed by atoms with van der Waals surface area (Å²) in [6.45, 7) is -0.157. The summed E-state index contributed by atoms with van der Waals surface area (Å²) in [6, 6.07) is 102. The van der Waals surface area contributed by atoms with Gasteiger partial charge in [-0.25, -0.2) is 0 Å². The van der Waals surface area contributed by atoms with Crippen LogP contribution >= 0.6 is 0 Å². The number of benzene rings is 12. The summed E-state index contributed by atoms with van der Waals surface area (Å²) in [5.74, 6) is 0. The summed E-state index contributed by atoms with van der Waals surface area (Å²) in [4.78, 5) is 0. The molecule has 75 heavy (non-hydrogen) atoms. The molecule has 2 aromatic heterocycles. The first kappa shape index (κ1) is 41.9. The van der Waals surface area contributed by atoms with E-state index in [-0.39, 0.29) is 6.85 Å². The van der Waals surface area contributed by atoms with Crippen molar-refractivity contribution in [3.8, 4) is 94.7 Å². The fourth-order valence-electron chi connectivity index (χ4n) is 12.9. The van der Waals surface area contributed by atoms with Gasteiger partial charge in [0, 0.05) is 43.8 Å². The van der Waals surface area contributed by atoms with Gasteiger partial charge < -0.3 is 9.05 Å². The van der Waals surface area contributed by atoms with E-state index in [0.717, 1.165) is 0 Å². The predicted octanol–water partition coefficient (Wildman–Crippen LogP) is 17.5. The van der Waals surface area contributed by atoms with Crippen molar-refractivity contribution >= 4 is 61.4 Å². The normalized spacial score (nSPS) is 12.2. The van der Waals surface area contributed by atoms with Crippen LogP contribution in [0.1, 0.15) is 0 Å². The molecule has 0 amide bonds. The average Bonchev–Trinajstić information content (AvgIpc) is 4.03. The fraction of sp³-hybridized carbons (Fsp3) is 0. The van der Waals surface area contributed by atoms with E-state index in [2.05, 4.69) is 282 Å². The molecule has 2 nitrogen and oxygen atoms in total. The van der Waals surface area contributed by atoms with E-state index in [4.69, 9.17) is 0 Å². The molecule has 0 atom stereocenters. The Bertz CT molecular complexity index is 4540. The van der Waals surface area contributed by atoms with Gasteiger partial charge in [-0.15, -0.1) is 0 Å². The highest BCUT2D eigenvalue weighted by Gasteiger charge is 2.43. The van der Waals surface area contributed by atoms with Crippen LogP contribution in [0.5, 0.6) is 0 Å². The lowest BCUT2D eigenvalue weighted by molar-refractivity contribution is 1.18. The first-order chi connectivity index (χ1) is 37.2. The Hall–Kier alpha value is -9.70. The van der Waals surface area contributed by atoms with E-state index in [9.17, 15) is 0 Å². The highest BCUT2D eigenvalue weighted by molar-refractivity contribution is 6.90. The molecule has 0 radical (unpaired) electrons. The topological polar surface area (TPSA) is 9.86 Å². The molecule has 12 aromatic carbocycles. The van der Waals surface area contributed by atoms with E-state index in [1.54, 1.807) is 0 Å². The third-order valence-corrected chi connectivity index (χ3v) is 16.2. The molecule has 0 bridgehead atoms. The van der Waals surface area contributed by atoms with Gasteiger partial charge in [-0.2, -0.15) is 0 Å². The van der Waals surface area contributed by atoms with Crippen LogP contribution in [-0.4, -0.2) is 15.9 Å². The number of nitrogens with zero attached hydrogens (tertiary/aromatic N) is 2. The largest absolute Gasteiger partial charge is 0.375 e. The van der Waals surface area contributed by atoms with Crippen molar-refractivity contribution in [1.82, 2.24) is 9.05 Å². The summed E-state index contributed by atoms with van der Waals surface area (Å²) in [5, 5.41) is 5.04. The molecule has 16 rings (SSSR count). The first-order valence-corrected chi connectivity index (χ1v) is 26.1. The maximum Gasteiger partial charge on any atom is 0.333 e. The summed E-state index contributed by atoms with van der Waals surface area (Å²) >= 11 is 0. The SMILES string of the molecule is c1ccc(-c2cc(-c3ccccc3)cc(-c3ccc4c5c3-c3cc(-c6ccccc6)cc6c7cc(-c8ccccc8)ccc7n(c36)B5c3cc(-c5ccccc5)cc5c6cc(-c7ccccc7)ccc6n-4c35)c2)cc1. The van der Waals surface area contributed by atoms with Gasteiger partial charge in [-0.05, 0) is 161 Å². The van der Waals surface area contributed by atoms with Crippen LogP contribution in [0, 0.1) is 0 Å². The molecule has 346 valence electrons. The zero-order chi connectivity index (χ0) is 49.1. The molecule has 2 aliphatic rings. The molecule has 4 heterocycles. The maximum absolute atomic E-state index is 2.73. The van der Waals surface area contributed by atoms with E-state index in [1.807, 2.05) is 0 Å². The number of hydrogen-bond donors (Lipinski definition) is 0. The second kappa shape index (κ2) is 16.4. The van der Waals surface area contributed by atoms with Crippen molar-refractivity contribution in [3.05, 3.63) is 273 Å². The summed E-state index contributed by atoms with van der Waals surface area (Å²) in [6.07, 6.45) is 0. The van der Waals surface area contributed by atoms with Gasteiger partial charge in [0.25, 0.3) is 0 Å². The smallest absolute Gasteiger partial charge is 0.333 e. The molecule has 14 aromatic rings. The number of hydrogen-bond acceptors (Lipinski definition) is 0. The van der Waals surface area contributed by atoms with Crippen LogP contribution in [0.25, 0.3) is 138 Å². The zero-order valence-electron chi connectivity index (χ0n) is 41.0. The molecule has 2 aliphatic heterocycles. The second-order valence-electron chi connectivity index (χ2n) is 20.4.